The second kappa shape index (κ2) is 2.48. The predicted molar refractivity (Wildman–Crippen MR) is 47.5 cm³/mol. The van der Waals surface area contributed by atoms with Crippen molar-refractivity contribution in [3.05, 3.63) is 0 Å². The van der Waals surface area contributed by atoms with E-state index in [9.17, 15) is 0 Å². The van der Waals surface area contributed by atoms with Crippen LogP contribution in [0.5, 0.6) is 0 Å². The number of nitrogens with one attached hydrogen (secondary N) is 1. The summed E-state index contributed by atoms with van der Waals surface area (Å²) >= 11 is 0. The molecular weight excluding hydrogens is 134 g/mol. The molecule has 1 atom stereocenters. The smallest absolute Gasteiger partial charge is 0.0108 e. The van der Waals surface area contributed by atoms with Gasteiger partial charge in [0.25, 0.3) is 0 Å². The lowest BCUT2D eigenvalue weighted by molar-refractivity contribution is 0.0329. The van der Waals surface area contributed by atoms with E-state index in [1.165, 1.54) is 32.2 Å². The highest BCUT2D eigenvalue weighted by Gasteiger charge is 2.44. The van der Waals surface area contributed by atoms with Crippen LogP contribution in [0.2, 0.25) is 0 Å². The minimum Gasteiger partial charge on any atom is -0.313 e. The topological polar surface area (TPSA) is 12.0 Å². The Morgan fingerprint density at radius 3 is 2.18 bits per heavy atom. The van der Waals surface area contributed by atoms with E-state index < -0.39 is 0 Å². The zero-order valence-corrected chi connectivity index (χ0v) is 7.69. The third-order valence-corrected chi connectivity index (χ3v) is 3.95. The standard InChI is InChI=1S/C10H19N/c1-8-3-5-10(6-4-8)7-11-9(10)2/h8-9,11H,3-7H2,1-2H3/t8?,9-,10?/m1/s1. The molecule has 2 rings (SSSR count). The fraction of sp³-hybridized carbons (Fsp3) is 1.00. The van der Waals surface area contributed by atoms with E-state index >= 15 is 0 Å². The Kier molecular flexibility index (Phi) is 1.71. The van der Waals surface area contributed by atoms with Crippen LogP contribution in [0.4, 0.5) is 0 Å². The molecule has 1 saturated carbocycles. The van der Waals surface area contributed by atoms with Gasteiger partial charge in [-0.15, -0.1) is 0 Å². The van der Waals surface area contributed by atoms with Gasteiger partial charge in [-0.25, -0.2) is 0 Å². The quantitative estimate of drug-likeness (QED) is 0.562. The van der Waals surface area contributed by atoms with Crippen LogP contribution in [0.1, 0.15) is 39.5 Å². The summed E-state index contributed by atoms with van der Waals surface area (Å²) in [4.78, 5) is 0. The summed E-state index contributed by atoms with van der Waals surface area (Å²) in [6.07, 6.45) is 5.88. The van der Waals surface area contributed by atoms with Gasteiger partial charge in [-0.2, -0.15) is 0 Å². The van der Waals surface area contributed by atoms with Crippen molar-refractivity contribution < 1.29 is 0 Å². The van der Waals surface area contributed by atoms with Crippen molar-refractivity contribution in [1.82, 2.24) is 5.32 Å². The largest absolute Gasteiger partial charge is 0.313 e. The lowest BCUT2D eigenvalue weighted by atomic mass is 9.63. The number of hydrogen-bond donors (Lipinski definition) is 1. The molecule has 1 heterocycles. The summed E-state index contributed by atoms with van der Waals surface area (Å²) in [7, 11) is 0. The van der Waals surface area contributed by atoms with Crippen molar-refractivity contribution in [1.29, 1.82) is 0 Å². The first kappa shape index (κ1) is 7.60. The lowest BCUT2D eigenvalue weighted by Gasteiger charge is -2.52. The van der Waals surface area contributed by atoms with Gasteiger partial charge in [-0.3, -0.25) is 0 Å². The number of rotatable bonds is 0. The van der Waals surface area contributed by atoms with Gasteiger partial charge in [0, 0.05) is 12.6 Å². The molecule has 0 aromatic heterocycles. The highest BCUT2D eigenvalue weighted by molar-refractivity contribution is 5.01. The van der Waals surface area contributed by atoms with Crippen molar-refractivity contribution in [3.63, 3.8) is 0 Å². The maximum Gasteiger partial charge on any atom is 0.0108 e. The molecular formula is C10H19N. The second-order valence-corrected chi connectivity index (χ2v) is 4.65. The van der Waals surface area contributed by atoms with Crippen LogP contribution in [0, 0.1) is 11.3 Å². The van der Waals surface area contributed by atoms with Crippen LogP contribution in [0.15, 0.2) is 0 Å². The van der Waals surface area contributed by atoms with E-state index in [0.717, 1.165) is 17.4 Å². The van der Waals surface area contributed by atoms with Gasteiger partial charge in [0.15, 0.2) is 0 Å². The fourth-order valence-corrected chi connectivity index (χ4v) is 2.54. The average Bonchev–Trinajstić information content (AvgIpc) is 2.03. The van der Waals surface area contributed by atoms with Crippen molar-refractivity contribution >= 4 is 0 Å². The summed E-state index contributed by atoms with van der Waals surface area (Å²) in [6.45, 7) is 6.03. The van der Waals surface area contributed by atoms with Gasteiger partial charge in [0.2, 0.25) is 0 Å². The van der Waals surface area contributed by atoms with Crippen molar-refractivity contribution in [3.8, 4) is 0 Å². The third kappa shape index (κ3) is 1.10. The summed E-state index contributed by atoms with van der Waals surface area (Å²) in [6, 6.07) is 0.801. The first-order valence-corrected chi connectivity index (χ1v) is 4.96. The van der Waals surface area contributed by atoms with E-state index in [-0.39, 0.29) is 0 Å². The van der Waals surface area contributed by atoms with Gasteiger partial charge in [-0.05, 0) is 31.1 Å². The van der Waals surface area contributed by atoms with E-state index in [4.69, 9.17) is 0 Å². The molecule has 0 aromatic rings. The third-order valence-electron chi connectivity index (χ3n) is 3.95. The molecule has 64 valence electrons. The molecule has 1 aliphatic heterocycles. The van der Waals surface area contributed by atoms with Gasteiger partial charge in [0.05, 0.1) is 0 Å². The highest BCUT2D eigenvalue weighted by Crippen LogP contribution is 2.45. The fourth-order valence-electron chi connectivity index (χ4n) is 2.54. The van der Waals surface area contributed by atoms with Gasteiger partial charge >= 0.3 is 0 Å². The summed E-state index contributed by atoms with van der Waals surface area (Å²) in [5.41, 5.74) is 0.729. The number of hydrogen-bond acceptors (Lipinski definition) is 1. The Bertz CT molecular complexity index is 145. The van der Waals surface area contributed by atoms with Crippen LogP contribution < -0.4 is 5.32 Å². The van der Waals surface area contributed by atoms with Crippen LogP contribution >= 0.6 is 0 Å². The minimum atomic E-state index is 0.729. The molecule has 0 bridgehead atoms. The molecule has 1 N–H and O–H groups in total. The lowest BCUT2D eigenvalue weighted by Crippen LogP contribution is -2.61. The first-order chi connectivity index (χ1) is 5.23. The Labute approximate surface area is 69.6 Å². The molecule has 2 fully saturated rings. The van der Waals surface area contributed by atoms with Gasteiger partial charge in [-0.1, -0.05) is 19.8 Å². The molecule has 11 heavy (non-hydrogen) atoms. The van der Waals surface area contributed by atoms with Gasteiger partial charge in [0.1, 0.15) is 0 Å². The molecule has 2 aliphatic rings. The maximum absolute atomic E-state index is 3.48. The summed E-state index contributed by atoms with van der Waals surface area (Å²) in [5, 5.41) is 3.48. The van der Waals surface area contributed by atoms with Crippen LogP contribution in [0.3, 0.4) is 0 Å². The Morgan fingerprint density at radius 1 is 1.18 bits per heavy atom. The van der Waals surface area contributed by atoms with E-state index in [1.54, 1.807) is 0 Å². The Morgan fingerprint density at radius 2 is 1.82 bits per heavy atom. The van der Waals surface area contributed by atoms with Crippen LogP contribution in [-0.4, -0.2) is 12.6 Å². The van der Waals surface area contributed by atoms with E-state index in [2.05, 4.69) is 19.2 Å². The summed E-state index contributed by atoms with van der Waals surface area (Å²) in [5.74, 6) is 0.994. The van der Waals surface area contributed by atoms with E-state index in [1.807, 2.05) is 0 Å². The van der Waals surface area contributed by atoms with Crippen molar-refractivity contribution in [2.45, 2.75) is 45.6 Å². The van der Waals surface area contributed by atoms with Gasteiger partial charge < -0.3 is 5.32 Å². The van der Waals surface area contributed by atoms with Crippen molar-refractivity contribution in [2.75, 3.05) is 6.54 Å². The molecule has 0 radical (unpaired) electrons. The Hall–Kier alpha value is -0.0400. The summed E-state index contributed by atoms with van der Waals surface area (Å²) < 4.78 is 0. The van der Waals surface area contributed by atoms with Crippen molar-refractivity contribution in [2.24, 2.45) is 11.3 Å². The molecule has 0 amide bonds. The average molecular weight is 153 g/mol. The van der Waals surface area contributed by atoms with Crippen LogP contribution in [-0.2, 0) is 0 Å². The zero-order valence-electron chi connectivity index (χ0n) is 7.69. The van der Waals surface area contributed by atoms with E-state index in [0.29, 0.717) is 0 Å². The molecule has 1 spiro atoms. The molecule has 0 unspecified atom stereocenters. The molecule has 1 aliphatic carbocycles. The van der Waals surface area contributed by atoms with Crippen LogP contribution in [0.25, 0.3) is 0 Å². The predicted octanol–water partition coefficient (Wildman–Crippen LogP) is 2.17. The SMILES string of the molecule is CC1CCC2(CC1)CN[C@@H]2C. The zero-order chi connectivity index (χ0) is 7.90. The molecule has 0 aromatic carbocycles. The first-order valence-electron chi connectivity index (χ1n) is 4.96. The maximum atomic E-state index is 3.48. The molecule has 1 saturated heterocycles. The second-order valence-electron chi connectivity index (χ2n) is 4.65. The highest BCUT2D eigenvalue weighted by atomic mass is 15.0. The Balaban J connectivity index is 1.96. The monoisotopic (exact) mass is 153 g/mol. The minimum absolute atomic E-state index is 0.729. The molecule has 1 nitrogen and oxygen atoms in total. The normalized spacial score (nSPS) is 50.7. The molecule has 1 heteroatoms.